The minimum atomic E-state index is 0.332. The summed E-state index contributed by atoms with van der Waals surface area (Å²) in [6.07, 6.45) is 5.10. The van der Waals surface area contributed by atoms with E-state index in [0.717, 1.165) is 40.7 Å². The molecule has 1 atom stereocenters. The van der Waals surface area contributed by atoms with Crippen LogP contribution in [0, 0.1) is 11.3 Å². The zero-order valence-electron chi connectivity index (χ0n) is 18.5. The van der Waals surface area contributed by atoms with Gasteiger partial charge in [-0.25, -0.2) is 9.97 Å². The molecule has 0 spiro atoms. The molecule has 0 radical (unpaired) electrons. The Balaban J connectivity index is 1.68. The predicted octanol–water partition coefficient (Wildman–Crippen LogP) is 6.38. The van der Waals surface area contributed by atoms with Crippen molar-refractivity contribution in [2.45, 2.75) is 53.9 Å². The minimum absolute atomic E-state index is 0.332. The summed E-state index contributed by atoms with van der Waals surface area (Å²) in [6.45, 7) is 12.2. The Morgan fingerprint density at radius 2 is 1.87 bits per heavy atom. The largest absolute Gasteiger partial charge is 0.490 e. The van der Waals surface area contributed by atoms with Crippen LogP contribution in [-0.4, -0.2) is 23.2 Å². The van der Waals surface area contributed by atoms with Crippen LogP contribution < -0.4 is 14.8 Å². The van der Waals surface area contributed by atoms with E-state index in [0.29, 0.717) is 24.5 Å². The number of ether oxygens (including phenoxy) is 2. The van der Waals surface area contributed by atoms with E-state index in [1.165, 1.54) is 22.2 Å². The zero-order chi connectivity index (χ0) is 21.3. The van der Waals surface area contributed by atoms with Gasteiger partial charge in [0.2, 0.25) is 0 Å². The topological polar surface area (TPSA) is 56.3 Å². The van der Waals surface area contributed by atoms with Gasteiger partial charge in [-0.2, -0.15) is 0 Å². The van der Waals surface area contributed by atoms with Gasteiger partial charge in [0.15, 0.2) is 11.5 Å². The highest BCUT2D eigenvalue weighted by atomic mass is 32.1. The van der Waals surface area contributed by atoms with E-state index in [1.54, 1.807) is 6.33 Å². The lowest BCUT2D eigenvalue weighted by molar-refractivity contribution is 0.218. The summed E-state index contributed by atoms with van der Waals surface area (Å²) in [4.78, 5) is 11.7. The second-order valence-corrected chi connectivity index (χ2v) is 9.95. The number of hydrogen-bond acceptors (Lipinski definition) is 6. The van der Waals surface area contributed by atoms with Gasteiger partial charge in [-0.15, -0.1) is 11.3 Å². The molecule has 2 heterocycles. The molecule has 0 bridgehead atoms. The van der Waals surface area contributed by atoms with Crippen molar-refractivity contribution in [3.8, 4) is 11.5 Å². The molecule has 1 N–H and O–H groups in total. The van der Waals surface area contributed by atoms with Crippen LogP contribution in [-0.2, 0) is 12.8 Å². The monoisotopic (exact) mass is 425 g/mol. The summed E-state index contributed by atoms with van der Waals surface area (Å²) >= 11 is 1.83. The van der Waals surface area contributed by atoms with Crippen LogP contribution in [0.4, 0.5) is 11.5 Å². The average Bonchev–Trinajstić information content (AvgIpc) is 3.08. The van der Waals surface area contributed by atoms with E-state index >= 15 is 0 Å². The molecule has 1 unspecified atom stereocenters. The Labute approximate surface area is 182 Å². The lowest BCUT2D eigenvalue weighted by Crippen LogP contribution is -2.26. The maximum atomic E-state index is 5.78. The van der Waals surface area contributed by atoms with Gasteiger partial charge in [0.1, 0.15) is 17.0 Å². The van der Waals surface area contributed by atoms with Gasteiger partial charge in [0.25, 0.3) is 0 Å². The molecule has 0 aliphatic heterocycles. The molecular weight excluding hydrogens is 394 g/mol. The van der Waals surface area contributed by atoms with E-state index in [1.807, 2.05) is 43.4 Å². The number of rotatable bonds is 6. The first-order valence-corrected chi connectivity index (χ1v) is 11.6. The molecule has 3 aromatic rings. The normalized spacial score (nSPS) is 16.4. The lowest BCUT2D eigenvalue weighted by atomic mass is 9.72. The van der Waals surface area contributed by atoms with Crippen LogP contribution in [0.3, 0.4) is 0 Å². The summed E-state index contributed by atoms with van der Waals surface area (Å²) in [5.41, 5.74) is 2.69. The van der Waals surface area contributed by atoms with Crippen LogP contribution in [0.15, 0.2) is 24.5 Å². The molecule has 160 valence electrons. The SMILES string of the molecule is CCOc1ccc(Nc2ncnc3sc4c(c23)CCC(C(C)(C)C)C4)cc1OCC. The Morgan fingerprint density at radius 1 is 1.10 bits per heavy atom. The van der Waals surface area contributed by atoms with Gasteiger partial charge >= 0.3 is 0 Å². The maximum absolute atomic E-state index is 5.78. The van der Waals surface area contributed by atoms with Gasteiger partial charge in [-0.3, -0.25) is 0 Å². The number of nitrogens with zero attached hydrogens (tertiary/aromatic N) is 2. The van der Waals surface area contributed by atoms with Crippen molar-refractivity contribution in [2.75, 3.05) is 18.5 Å². The summed E-state index contributed by atoms with van der Waals surface area (Å²) in [7, 11) is 0. The number of aryl methyl sites for hydroxylation is 1. The third-order valence-corrected chi connectivity index (χ3v) is 7.04. The number of anilines is 2. The Kier molecular flexibility index (Phi) is 5.87. The molecule has 30 heavy (non-hydrogen) atoms. The average molecular weight is 426 g/mol. The molecule has 1 aliphatic rings. The van der Waals surface area contributed by atoms with E-state index < -0.39 is 0 Å². The van der Waals surface area contributed by atoms with E-state index in [9.17, 15) is 0 Å². The van der Waals surface area contributed by atoms with Crippen LogP contribution in [0.2, 0.25) is 0 Å². The van der Waals surface area contributed by atoms with E-state index in [-0.39, 0.29) is 0 Å². The third-order valence-electron chi connectivity index (χ3n) is 5.88. The summed E-state index contributed by atoms with van der Waals surface area (Å²) in [5, 5.41) is 4.69. The Hall–Kier alpha value is -2.34. The quantitative estimate of drug-likeness (QED) is 0.496. The molecule has 0 saturated heterocycles. The van der Waals surface area contributed by atoms with Crippen LogP contribution in [0.5, 0.6) is 11.5 Å². The molecule has 4 rings (SSSR count). The number of hydrogen-bond donors (Lipinski definition) is 1. The standard InChI is InChI=1S/C24H31N3O2S/c1-6-28-18-11-9-16(13-19(18)29-7-2)27-22-21-17-10-8-15(24(3,4)5)12-20(17)30-23(21)26-14-25-22/h9,11,13-15H,6-8,10,12H2,1-5H3,(H,25,26,27). The third kappa shape index (κ3) is 4.10. The first-order valence-electron chi connectivity index (χ1n) is 10.8. The van der Waals surface area contributed by atoms with Gasteiger partial charge in [0.05, 0.1) is 18.6 Å². The van der Waals surface area contributed by atoms with Crippen molar-refractivity contribution >= 4 is 33.1 Å². The highest BCUT2D eigenvalue weighted by molar-refractivity contribution is 7.19. The number of thiophene rings is 1. The van der Waals surface area contributed by atoms with Crippen LogP contribution >= 0.6 is 11.3 Å². The number of fused-ring (bicyclic) bond motifs is 3. The molecule has 6 heteroatoms. The fourth-order valence-corrected chi connectivity index (χ4v) is 5.48. The van der Waals surface area contributed by atoms with Crippen LogP contribution in [0.1, 0.15) is 51.5 Å². The van der Waals surface area contributed by atoms with Gasteiger partial charge in [-0.05, 0) is 62.1 Å². The van der Waals surface area contributed by atoms with Gasteiger partial charge in [-0.1, -0.05) is 20.8 Å². The molecule has 0 amide bonds. The highest BCUT2D eigenvalue weighted by Gasteiger charge is 2.31. The van der Waals surface area contributed by atoms with Crippen molar-refractivity contribution < 1.29 is 9.47 Å². The molecule has 5 nitrogen and oxygen atoms in total. The lowest BCUT2D eigenvalue weighted by Gasteiger charge is -2.33. The number of aromatic nitrogens is 2. The summed E-state index contributed by atoms with van der Waals surface area (Å²) < 4.78 is 11.5. The van der Waals surface area contributed by atoms with E-state index in [2.05, 4.69) is 36.1 Å². The van der Waals surface area contributed by atoms with Gasteiger partial charge < -0.3 is 14.8 Å². The Bertz CT molecular complexity index is 1040. The van der Waals surface area contributed by atoms with Crippen LogP contribution in [0.25, 0.3) is 10.2 Å². The fraction of sp³-hybridized carbons (Fsp3) is 0.500. The summed E-state index contributed by atoms with van der Waals surface area (Å²) in [6, 6.07) is 5.94. The molecule has 2 aromatic heterocycles. The number of benzene rings is 1. The maximum Gasteiger partial charge on any atom is 0.163 e. The molecule has 1 aromatic carbocycles. The van der Waals surface area contributed by atoms with E-state index in [4.69, 9.17) is 9.47 Å². The predicted molar refractivity (Wildman–Crippen MR) is 124 cm³/mol. The second kappa shape index (κ2) is 8.42. The number of nitrogens with one attached hydrogen (secondary N) is 1. The highest BCUT2D eigenvalue weighted by Crippen LogP contribution is 2.44. The Morgan fingerprint density at radius 3 is 2.60 bits per heavy atom. The van der Waals surface area contributed by atoms with Crippen molar-refractivity contribution in [1.82, 2.24) is 9.97 Å². The molecule has 0 fully saturated rings. The van der Waals surface area contributed by atoms with Crippen molar-refractivity contribution in [3.05, 3.63) is 35.0 Å². The first kappa shape index (κ1) is 20.9. The smallest absolute Gasteiger partial charge is 0.163 e. The molecule has 0 saturated carbocycles. The second-order valence-electron chi connectivity index (χ2n) is 8.86. The van der Waals surface area contributed by atoms with Crippen molar-refractivity contribution in [2.24, 2.45) is 11.3 Å². The van der Waals surface area contributed by atoms with Crippen molar-refractivity contribution in [3.63, 3.8) is 0 Å². The fourth-order valence-electron chi connectivity index (χ4n) is 4.21. The van der Waals surface area contributed by atoms with Gasteiger partial charge in [0, 0.05) is 16.6 Å². The zero-order valence-corrected chi connectivity index (χ0v) is 19.4. The summed E-state index contributed by atoms with van der Waals surface area (Å²) in [5.74, 6) is 3.09. The molecular formula is C24H31N3O2S. The minimum Gasteiger partial charge on any atom is -0.490 e. The molecule has 1 aliphatic carbocycles. The first-order chi connectivity index (χ1) is 14.4. The van der Waals surface area contributed by atoms with Crippen molar-refractivity contribution in [1.29, 1.82) is 0 Å².